The van der Waals surface area contributed by atoms with E-state index in [-0.39, 0.29) is 11.3 Å². The van der Waals surface area contributed by atoms with Crippen molar-refractivity contribution in [2.45, 2.75) is 26.6 Å². The molecule has 0 spiro atoms. The second-order valence-electron chi connectivity index (χ2n) is 7.14. The van der Waals surface area contributed by atoms with Gasteiger partial charge in [-0.25, -0.2) is 4.79 Å². The van der Waals surface area contributed by atoms with Gasteiger partial charge in [-0.3, -0.25) is 9.88 Å². The summed E-state index contributed by atoms with van der Waals surface area (Å²) in [5.41, 5.74) is 1.03. The number of aromatic nitrogens is 1. The number of carbonyl (C=O) groups is 1. The molecule has 0 aliphatic carbocycles. The van der Waals surface area contributed by atoms with E-state index in [1.165, 1.54) is 30.2 Å². The number of aryl methyl sites for hydroxylation is 1. The van der Waals surface area contributed by atoms with Gasteiger partial charge in [0.05, 0.1) is 16.8 Å². The highest BCUT2D eigenvalue weighted by Gasteiger charge is 2.33. The largest absolute Gasteiger partial charge is 0.416 e. The fraction of sp³-hybridized carbons (Fsp3) is 0.381. The van der Waals surface area contributed by atoms with Gasteiger partial charge in [0.1, 0.15) is 6.07 Å². The lowest BCUT2D eigenvalue weighted by Gasteiger charge is -2.34. The van der Waals surface area contributed by atoms with Crippen LogP contribution < -0.4 is 4.74 Å². The molecule has 1 aliphatic rings. The van der Waals surface area contributed by atoms with Crippen LogP contribution in [0.2, 0.25) is 0 Å². The molecule has 3 rings (SSSR count). The smallest absolute Gasteiger partial charge is 0.408 e. The predicted octanol–water partition coefficient (Wildman–Crippen LogP) is 3.91. The average Bonchev–Trinajstić information content (AvgIpc) is 2.71. The van der Waals surface area contributed by atoms with Gasteiger partial charge in [0.15, 0.2) is 5.75 Å². The van der Waals surface area contributed by atoms with E-state index in [2.05, 4.69) is 4.98 Å². The van der Waals surface area contributed by atoms with Crippen molar-refractivity contribution in [1.29, 1.82) is 5.26 Å². The van der Waals surface area contributed by atoms with Crippen LogP contribution in [0.4, 0.5) is 18.0 Å². The van der Waals surface area contributed by atoms with Crippen molar-refractivity contribution in [2.24, 2.45) is 0 Å². The van der Waals surface area contributed by atoms with Crippen molar-refractivity contribution in [3.63, 3.8) is 0 Å². The highest BCUT2D eigenvalue weighted by molar-refractivity contribution is 5.71. The molecular formula is C21H21F3N4O2. The first-order chi connectivity index (χ1) is 14.2. The van der Waals surface area contributed by atoms with Gasteiger partial charge in [0.2, 0.25) is 0 Å². The first-order valence-corrected chi connectivity index (χ1v) is 9.40. The lowest BCUT2D eigenvalue weighted by atomic mass is 10.0. The zero-order chi connectivity index (χ0) is 21.9. The number of halogens is 3. The van der Waals surface area contributed by atoms with E-state index >= 15 is 0 Å². The number of pyridine rings is 1. The number of alkyl halides is 3. The van der Waals surface area contributed by atoms with Crippen LogP contribution in [0, 0.1) is 25.2 Å². The number of hydrogen-bond donors (Lipinski definition) is 0. The zero-order valence-corrected chi connectivity index (χ0v) is 16.7. The van der Waals surface area contributed by atoms with E-state index in [4.69, 9.17) is 10.00 Å². The summed E-state index contributed by atoms with van der Waals surface area (Å²) in [6.45, 7) is 5.35. The average molecular weight is 418 g/mol. The summed E-state index contributed by atoms with van der Waals surface area (Å²) in [6, 6.07) is 7.62. The van der Waals surface area contributed by atoms with Gasteiger partial charge < -0.3 is 9.64 Å². The molecule has 2 aromatic rings. The predicted molar refractivity (Wildman–Crippen MR) is 103 cm³/mol. The summed E-state index contributed by atoms with van der Waals surface area (Å²) in [5.74, 6) is 0.237. The fourth-order valence-electron chi connectivity index (χ4n) is 3.33. The van der Waals surface area contributed by atoms with Crippen LogP contribution >= 0.6 is 0 Å². The lowest BCUT2D eigenvalue weighted by molar-refractivity contribution is -0.138. The zero-order valence-electron chi connectivity index (χ0n) is 16.7. The van der Waals surface area contributed by atoms with E-state index < -0.39 is 17.8 Å². The van der Waals surface area contributed by atoms with Crippen LogP contribution in [0.1, 0.15) is 27.9 Å². The van der Waals surface area contributed by atoms with Gasteiger partial charge in [0, 0.05) is 45.0 Å². The molecule has 0 atom stereocenters. The Morgan fingerprint density at radius 3 is 2.57 bits per heavy atom. The molecule has 1 amide bonds. The van der Waals surface area contributed by atoms with Crippen molar-refractivity contribution < 1.29 is 22.7 Å². The van der Waals surface area contributed by atoms with E-state index in [1.54, 1.807) is 13.0 Å². The monoisotopic (exact) mass is 418 g/mol. The van der Waals surface area contributed by atoms with E-state index in [9.17, 15) is 18.0 Å². The topological polar surface area (TPSA) is 69.5 Å². The van der Waals surface area contributed by atoms with Crippen molar-refractivity contribution in [3.05, 3.63) is 58.4 Å². The quantitative estimate of drug-likeness (QED) is 0.756. The maximum absolute atomic E-state index is 13.1. The molecule has 158 valence electrons. The van der Waals surface area contributed by atoms with Gasteiger partial charge in [-0.15, -0.1) is 0 Å². The molecule has 1 aromatic heterocycles. The Kier molecular flexibility index (Phi) is 6.27. The van der Waals surface area contributed by atoms with Crippen LogP contribution in [-0.2, 0) is 12.7 Å². The van der Waals surface area contributed by atoms with Gasteiger partial charge in [-0.2, -0.15) is 18.4 Å². The minimum Gasteiger partial charge on any atom is -0.408 e. The second kappa shape index (κ2) is 8.71. The molecule has 30 heavy (non-hydrogen) atoms. The summed E-state index contributed by atoms with van der Waals surface area (Å²) < 4.78 is 44.7. The Morgan fingerprint density at radius 2 is 1.93 bits per heavy atom. The SMILES string of the molecule is Cc1ncc(C#N)cc1OC(=O)N1CCN(Cc2cccc(C(F)(F)F)c2C)CC1. The molecule has 0 bridgehead atoms. The van der Waals surface area contributed by atoms with E-state index in [1.807, 2.05) is 11.0 Å². The van der Waals surface area contributed by atoms with Crippen LogP contribution in [0.25, 0.3) is 0 Å². The van der Waals surface area contributed by atoms with Crippen LogP contribution in [0.3, 0.4) is 0 Å². The number of amides is 1. The van der Waals surface area contributed by atoms with Crippen LogP contribution in [-0.4, -0.2) is 47.1 Å². The molecular weight excluding hydrogens is 397 g/mol. The maximum Gasteiger partial charge on any atom is 0.416 e. The number of nitriles is 1. The maximum atomic E-state index is 13.1. The van der Waals surface area contributed by atoms with Crippen molar-refractivity contribution in [3.8, 4) is 11.8 Å². The summed E-state index contributed by atoms with van der Waals surface area (Å²) >= 11 is 0. The first-order valence-electron chi connectivity index (χ1n) is 9.40. The Labute approximate surface area is 172 Å². The Bertz CT molecular complexity index is 977. The molecule has 1 saturated heterocycles. The molecule has 1 fully saturated rings. The van der Waals surface area contributed by atoms with Crippen LogP contribution in [0.5, 0.6) is 5.75 Å². The van der Waals surface area contributed by atoms with Crippen molar-refractivity contribution in [2.75, 3.05) is 26.2 Å². The van der Waals surface area contributed by atoms with Crippen molar-refractivity contribution >= 4 is 6.09 Å². The molecule has 9 heteroatoms. The number of benzene rings is 1. The van der Waals surface area contributed by atoms with E-state index in [0.717, 1.165) is 6.07 Å². The summed E-state index contributed by atoms with van der Waals surface area (Å²) in [6.07, 6.45) is -3.51. The Balaban J connectivity index is 1.59. The van der Waals surface area contributed by atoms with Gasteiger partial charge in [-0.05, 0) is 31.0 Å². The molecule has 1 aromatic carbocycles. The summed E-state index contributed by atoms with van der Waals surface area (Å²) in [7, 11) is 0. The summed E-state index contributed by atoms with van der Waals surface area (Å²) in [4.78, 5) is 20.0. The number of hydrogen-bond acceptors (Lipinski definition) is 5. The highest BCUT2D eigenvalue weighted by atomic mass is 19.4. The van der Waals surface area contributed by atoms with Gasteiger partial charge >= 0.3 is 12.3 Å². The second-order valence-corrected chi connectivity index (χ2v) is 7.14. The molecule has 0 unspecified atom stereocenters. The molecule has 2 heterocycles. The Hall–Kier alpha value is -3.12. The molecule has 1 aliphatic heterocycles. The third-order valence-electron chi connectivity index (χ3n) is 5.14. The normalized spacial score (nSPS) is 15.0. The highest BCUT2D eigenvalue weighted by Crippen LogP contribution is 2.33. The van der Waals surface area contributed by atoms with Crippen molar-refractivity contribution in [1.82, 2.24) is 14.8 Å². The van der Waals surface area contributed by atoms with Gasteiger partial charge in [0.25, 0.3) is 0 Å². The van der Waals surface area contributed by atoms with Gasteiger partial charge in [-0.1, -0.05) is 12.1 Å². The standard InChI is InChI=1S/C21H21F3N4O2/c1-14-17(4-3-5-18(14)21(22,23)24)13-27-6-8-28(9-7-27)20(29)30-19-10-16(11-25)12-26-15(19)2/h3-5,10,12H,6-9,13H2,1-2H3. The molecule has 0 radical (unpaired) electrons. The lowest BCUT2D eigenvalue weighted by Crippen LogP contribution is -2.49. The minimum atomic E-state index is -4.38. The number of piperazine rings is 1. The Morgan fingerprint density at radius 1 is 1.23 bits per heavy atom. The summed E-state index contributed by atoms with van der Waals surface area (Å²) in [5, 5.41) is 8.96. The minimum absolute atomic E-state index is 0.229. The number of carbonyl (C=O) groups excluding carboxylic acids is 1. The number of nitrogens with zero attached hydrogens (tertiary/aromatic N) is 4. The van der Waals surface area contributed by atoms with Crippen LogP contribution in [0.15, 0.2) is 30.5 Å². The number of ether oxygens (including phenoxy) is 1. The third kappa shape index (κ3) is 4.89. The molecule has 0 N–H and O–H groups in total. The fourth-order valence-corrected chi connectivity index (χ4v) is 3.33. The van der Waals surface area contributed by atoms with E-state index in [0.29, 0.717) is 49.5 Å². The number of rotatable bonds is 3. The molecule has 0 saturated carbocycles. The third-order valence-corrected chi connectivity index (χ3v) is 5.14. The first kappa shape index (κ1) is 21.6. The molecule has 6 nitrogen and oxygen atoms in total.